The maximum Gasteiger partial charge on any atom is 0.225 e. The van der Waals surface area contributed by atoms with Gasteiger partial charge in [0.1, 0.15) is 11.3 Å². The summed E-state index contributed by atoms with van der Waals surface area (Å²) in [5.74, 6) is 1.26. The topological polar surface area (TPSA) is 63.2 Å². The Hall–Kier alpha value is -2.80. The van der Waals surface area contributed by atoms with Gasteiger partial charge in [-0.15, -0.1) is 0 Å². The van der Waals surface area contributed by atoms with Gasteiger partial charge in [-0.1, -0.05) is 19.3 Å². The lowest BCUT2D eigenvalue weighted by Gasteiger charge is -2.29. The molecule has 1 aliphatic heterocycles. The molecule has 1 saturated carbocycles. The van der Waals surface area contributed by atoms with Crippen LogP contribution in [-0.2, 0) is 4.74 Å². The van der Waals surface area contributed by atoms with Crippen molar-refractivity contribution in [3.63, 3.8) is 0 Å². The van der Waals surface area contributed by atoms with E-state index in [1.54, 1.807) is 12.1 Å². The van der Waals surface area contributed by atoms with E-state index in [9.17, 15) is 4.39 Å². The van der Waals surface area contributed by atoms with Crippen molar-refractivity contribution in [1.82, 2.24) is 15.0 Å². The summed E-state index contributed by atoms with van der Waals surface area (Å²) in [5.41, 5.74) is 3.24. The van der Waals surface area contributed by atoms with Gasteiger partial charge in [0.2, 0.25) is 5.95 Å². The van der Waals surface area contributed by atoms with Gasteiger partial charge in [0.15, 0.2) is 5.82 Å². The SMILES string of the molecule is Fc1ccc(-c2ccc3nc(NC4CCCCC4)nc(N4CCOCC4)c3n2)cc1. The van der Waals surface area contributed by atoms with E-state index < -0.39 is 0 Å². The molecule has 3 heterocycles. The van der Waals surface area contributed by atoms with E-state index in [4.69, 9.17) is 19.7 Å². The average molecular weight is 407 g/mol. The third-order valence-electron chi connectivity index (χ3n) is 5.91. The molecule has 0 spiro atoms. The van der Waals surface area contributed by atoms with Crippen LogP contribution in [0.25, 0.3) is 22.3 Å². The molecule has 156 valence electrons. The standard InChI is InChI=1S/C23H26FN5O/c24-17-8-6-16(7-9-17)19-10-11-20-21(26-19)22(29-12-14-30-15-13-29)28-23(27-20)25-18-4-2-1-3-5-18/h6-11,18H,1-5,12-15H2,(H,25,27,28). The van der Waals surface area contributed by atoms with Crippen molar-refractivity contribution < 1.29 is 9.13 Å². The third kappa shape index (κ3) is 4.07. The Balaban J connectivity index is 1.55. The van der Waals surface area contributed by atoms with Crippen LogP contribution >= 0.6 is 0 Å². The van der Waals surface area contributed by atoms with Gasteiger partial charge in [0.05, 0.1) is 24.4 Å². The summed E-state index contributed by atoms with van der Waals surface area (Å²) in [4.78, 5) is 16.8. The summed E-state index contributed by atoms with van der Waals surface area (Å²) in [6, 6.07) is 10.8. The summed E-state index contributed by atoms with van der Waals surface area (Å²) in [7, 11) is 0. The van der Waals surface area contributed by atoms with E-state index >= 15 is 0 Å². The maximum atomic E-state index is 13.3. The highest BCUT2D eigenvalue weighted by Gasteiger charge is 2.21. The molecule has 0 atom stereocenters. The highest BCUT2D eigenvalue weighted by atomic mass is 19.1. The summed E-state index contributed by atoms with van der Waals surface area (Å²) in [6.07, 6.45) is 6.15. The van der Waals surface area contributed by atoms with E-state index in [-0.39, 0.29) is 5.82 Å². The monoisotopic (exact) mass is 407 g/mol. The number of ether oxygens (including phenoxy) is 1. The minimum absolute atomic E-state index is 0.254. The van der Waals surface area contributed by atoms with E-state index in [0.717, 1.165) is 54.0 Å². The van der Waals surface area contributed by atoms with Crippen LogP contribution in [-0.4, -0.2) is 47.3 Å². The number of pyridine rings is 1. The summed E-state index contributed by atoms with van der Waals surface area (Å²) in [5, 5.41) is 3.56. The quantitative estimate of drug-likeness (QED) is 0.691. The molecule has 7 heteroatoms. The Morgan fingerprint density at radius 1 is 0.900 bits per heavy atom. The summed E-state index contributed by atoms with van der Waals surface area (Å²) >= 11 is 0. The molecule has 30 heavy (non-hydrogen) atoms. The van der Waals surface area contributed by atoms with Crippen LogP contribution in [0, 0.1) is 5.82 Å². The van der Waals surface area contributed by atoms with Crippen molar-refractivity contribution in [3.8, 4) is 11.3 Å². The second-order valence-electron chi connectivity index (χ2n) is 8.02. The summed E-state index contributed by atoms with van der Waals surface area (Å²) < 4.78 is 18.9. The lowest BCUT2D eigenvalue weighted by molar-refractivity contribution is 0.122. The van der Waals surface area contributed by atoms with Gasteiger partial charge in [0, 0.05) is 24.7 Å². The van der Waals surface area contributed by atoms with Crippen LogP contribution in [0.3, 0.4) is 0 Å². The Labute approximate surface area is 175 Å². The Kier molecular flexibility index (Phi) is 5.45. The fourth-order valence-corrected chi connectivity index (χ4v) is 4.27. The molecule has 1 saturated heterocycles. The number of benzene rings is 1. The Morgan fingerprint density at radius 3 is 2.43 bits per heavy atom. The molecule has 2 fully saturated rings. The number of anilines is 2. The number of halogens is 1. The maximum absolute atomic E-state index is 13.3. The lowest BCUT2D eigenvalue weighted by atomic mass is 9.96. The number of nitrogens with zero attached hydrogens (tertiary/aromatic N) is 4. The Bertz CT molecular complexity index is 1010. The third-order valence-corrected chi connectivity index (χ3v) is 5.91. The Morgan fingerprint density at radius 2 is 1.67 bits per heavy atom. The molecule has 0 unspecified atom stereocenters. The predicted octanol–water partition coefficient (Wildman–Crippen LogP) is 4.41. The van der Waals surface area contributed by atoms with Crippen molar-refractivity contribution in [3.05, 3.63) is 42.2 Å². The van der Waals surface area contributed by atoms with Gasteiger partial charge in [-0.2, -0.15) is 4.98 Å². The van der Waals surface area contributed by atoms with Crippen molar-refractivity contribution in [2.24, 2.45) is 0 Å². The molecule has 2 aliphatic rings. The van der Waals surface area contributed by atoms with Crippen LogP contribution in [0.15, 0.2) is 36.4 Å². The van der Waals surface area contributed by atoms with E-state index in [1.165, 1.54) is 31.4 Å². The average Bonchev–Trinajstić information content (AvgIpc) is 2.80. The molecule has 0 bridgehead atoms. The molecule has 6 nitrogen and oxygen atoms in total. The molecular formula is C23H26FN5O. The normalized spacial score (nSPS) is 18.0. The second-order valence-corrected chi connectivity index (χ2v) is 8.02. The first-order chi connectivity index (χ1) is 14.8. The first-order valence-corrected chi connectivity index (χ1v) is 10.8. The van der Waals surface area contributed by atoms with E-state index in [0.29, 0.717) is 25.2 Å². The van der Waals surface area contributed by atoms with Gasteiger partial charge < -0.3 is 15.0 Å². The fourth-order valence-electron chi connectivity index (χ4n) is 4.27. The summed E-state index contributed by atoms with van der Waals surface area (Å²) in [6.45, 7) is 2.90. The molecule has 3 aromatic rings. The number of rotatable bonds is 4. The molecule has 0 radical (unpaired) electrons. The zero-order valence-electron chi connectivity index (χ0n) is 17.0. The molecule has 2 aromatic heterocycles. The first-order valence-electron chi connectivity index (χ1n) is 10.8. The van der Waals surface area contributed by atoms with E-state index in [2.05, 4.69) is 10.2 Å². The lowest BCUT2D eigenvalue weighted by Crippen LogP contribution is -2.37. The molecule has 0 amide bonds. The molecule has 1 N–H and O–H groups in total. The first kappa shape index (κ1) is 19.2. The minimum atomic E-state index is -0.254. The zero-order valence-corrected chi connectivity index (χ0v) is 17.0. The number of morpholine rings is 1. The van der Waals surface area contributed by atoms with Crippen molar-refractivity contribution in [2.45, 2.75) is 38.1 Å². The van der Waals surface area contributed by atoms with Crippen LogP contribution in [0.4, 0.5) is 16.2 Å². The van der Waals surface area contributed by atoms with Crippen molar-refractivity contribution in [1.29, 1.82) is 0 Å². The van der Waals surface area contributed by atoms with Crippen molar-refractivity contribution in [2.75, 3.05) is 36.5 Å². The highest BCUT2D eigenvalue weighted by Crippen LogP contribution is 2.29. The zero-order chi connectivity index (χ0) is 20.3. The van der Waals surface area contributed by atoms with Crippen LogP contribution < -0.4 is 10.2 Å². The molecule has 5 rings (SSSR count). The fraction of sp³-hybridized carbons (Fsp3) is 0.435. The number of fused-ring (bicyclic) bond motifs is 1. The predicted molar refractivity (Wildman–Crippen MR) is 116 cm³/mol. The van der Waals surface area contributed by atoms with Gasteiger partial charge in [0.25, 0.3) is 0 Å². The minimum Gasteiger partial charge on any atom is -0.378 e. The van der Waals surface area contributed by atoms with Crippen LogP contribution in [0.2, 0.25) is 0 Å². The van der Waals surface area contributed by atoms with Gasteiger partial charge in [-0.25, -0.2) is 14.4 Å². The molecule has 1 aromatic carbocycles. The van der Waals surface area contributed by atoms with Crippen molar-refractivity contribution >= 4 is 22.8 Å². The highest BCUT2D eigenvalue weighted by molar-refractivity contribution is 5.88. The molecular weight excluding hydrogens is 381 g/mol. The van der Waals surface area contributed by atoms with Crippen LogP contribution in [0.5, 0.6) is 0 Å². The molecule has 1 aliphatic carbocycles. The number of nitrogens with one attached hydrogen (secondary N) is 1. The van der Waals surface area contributed by atoms with Gasteiger partial charge in [-0.3, -0.25) is 0 Å². The smallest absolute Gasteiger partial charge is 0.225 e. The van der Waals surface area contributed by atoms with E-state index in [1.807, 2.05) is 12.1 Å². The van der Waals surface area contributed by atoms with Crippen LogP contribution in [0.1, 0.15) is 32.1 Å². The van der Waals surface area contributed by atoms with Gasteiger partial charge >= 0.3 is 0 Å². The number of aromatic nitrogens is 3. The van der Waals surface area contributed by atoms with Gasteiger partial charge in [-0.05, 0) is 49.2 Å². The largest absolute Gasteiger partial charge is 0.378 e. The number of hydrogen-bond donors (Lipinski definition) is 1. The second kappa shape index (κ2) is 8.52. The number of hydrogen-bond acceptors (Lipinski definition) is 6.